The van der Waals surface area contributed by atoms with Crippen LogP contribution in [0.2, 0.25) is 0 Å². The summed E-state index contributed by atoms with van der Waals surface area (Å²) in [6, 6.07) is 12.7. The molecule has 1 aromatic heterocycles. The van der Waals surface area contributed by atoms with Crippen molar-refractivity contribution in [2.45, 2.75) is 25.4 Å². The van der Waals surface area contributed by atoms with E-state index in [9.17, 15) is 4.79 Å². The van der Waals surface area contributed by atoms with Crippen molar-refractivity contribution in [1.82, 2.24) is 9.80 Å². The summed E-state index contributed by atoms with van der Waals surface area (Å²) in [5.41, 5.74) is 0.564. The van der Waals surface area contributed by atoms with Gasteiger partial charge in [-0.25, -0.2) is 0 Å². The van der Waals surface area contributed by atoms with Gasteiger partial charge in [0.1, 0.15) is 11.5 Å². The minimum absolute atomic E-state index is 0.0288. The Morgan fingerprint density at radius 2 is 2.04 bits per heavy atom. The summed E-state index contributed by atoms with van der Waals surface area (Å²) in [4.78, 5) is 17.0. The van der Waals surface area contributed by atoms with Crippen LogP contribution >= 0.6 is 0 Å². The molecule has 136 valence electrons. The topological polar surface area (TPSA) is 69.7 Å². The summed E-state index contributed by atoms with van der Waals surface area (Å²) in [6.45, 7) is 2.38. The van der Waals surface area contributed by atoms with Crippen LogP contribution in [0.4, 0.5) is 0 Å². The second-order valence-electron chi connectivity index (χ2n) is 6.56. The molecule has 0 aliphatic carbocycles. The van der Waals surface area contributed by atoms with Crippen LogP contribution in [-0.4, -0.2) is 48.5 Å². The first kappa shape index (κ1) is 18.0. The summed E-state index contributed by atoms with van der Waals surface area (Å²) in [6.07, 6.45) is 3.51. The first-order valence-corrected chi connectivity index (χ1v) is 8.79. The van der Waals surface area contributed by atoms with Crippen molar-refractivity contribution in [3.63, 3.8) is 0 Å². The van der Waals surface area contributed by atoms with Gasteiger partial charge in [0.25, 0.3) is 5.91 Å². The van der Waals surface area contributed by atoms with Gasteiger partial charge in [0.2, 0.25) is 0 Å². The van der Waals surface area contributed by atoms with Gasteiger partial charge in [-0.15, -0.1) is 0 Å². The Bertz CT molecular complexity index is 742. The molecule has 1 aliphatic rings. The summed E-state index contributed by atoms with van der Waals surface area (Å²) in [5, 5.41) is 8.84. The number of benzene rings is 1. The van der Waals surface area contributed by atoms with E-state index in [1.165, 1.54) is 0 Å². The molecular weight excluding hydrogens is 330 g/mol. The van der Waals surface area contributed by atoms with Gasteiger partial charge in [-0.1, -0.05) is 0 Å². The number of ether oxygens (including phenoxy) is 1. The number of carbonyl (C=O) groups excluding carboxylic acids is 1. The summed E-state index contributed by atoms with van der Waals surface area (Å²) < 4.78 is 11.1. The standard InChI is InChI=1S/C20H23N3O3/c1-22-10-8-17(9-11-22)23(14-19-3-2-12-25-19)20(24)15-26-18-6-4-16(13-21)5-7-18/h2-7,12,17H,8-11,14-15H2,1H3. The number of piperidine rings is 1. The Labute approximate surface area is 153 Å². The van der Waals surface area contributed by atoms with Crippen LogP contribution in [0.1, 0.15) is 24.2 Å². The van der Waals surface area contributed by atoms with E-state index in [1.54, 1.807) is 30.5 Å². The maximum Gasteiger partial charge on any atom is 0.261 e. The number of furan rings is 1. The number of amides is 1. The Hall–Kier alpha value is -2.78. The summed E-state index contributed by atoms with van der Waals surface area (Å²) in [7, 11) is 2.10. The molecule has 1 aromatic carbocycles. The zero-order valence-corrected chi connectivity index (χ0v) is 14.9. The molecule has 0 radical (unpaired) electrons. The molecular formula is C20H23N3O3. The second-order valence-corrected chi connectivity index (χ2v) is 6.56. The van der Waals surface area contributed by atoms with E-state index in [-0.39, 0.29) is 18.6 Å². The molecule has 1 fully saturated rings. The van der Waals surface area contributed by atoms with Gasteiger partial charge in [-0.3, -0.25) is 4.79 Å². The van der Waals surface area contributed by atoms with Gasteiger partial charge >= 0.3 is 0 Å². The van der Waals surface area contributed by atoms with Gasteiger partial charge in [-0.05, 0) is 69.4 Å². The molecule has 0 spiro atoms. The van der Waals surface area contributed by atoms with Crippen LogP contribution in [0.15, 0.2) is 47.1 Å². The lowest BCUT2D eigenvalue weighted by Gasteiger charge is -2.37. The molecule has 0 bridgehead atoms. The highest BCUT2D eigenvalue weighted by Gasteiger charge is 2.28. The highest BCUT2D eigenvalue weighted by atomic mass is 16.5. The van der Waals surface area contributed by atoms with E-state index in [4.69, 9.17) is 14.4 Å². The van der Waals surface area contributed by atoms with Crippen molar-refractivity contribution in [3.8, 4) is 11.8 Å². The van der Waals surface area contributed by atoms with Crippen molar-refractivity contribution in [2.75, 3.05) is 26.7 Å². The van der Waals surface area contributed by atoms with E-state index < -0.39 is 0 Å². The third-order valence-electron chi connectivity index (χ3n) is 4.70. The largest absolute Gasteiger partial charge is 0.484 e. The number of rotatable bonds is 6. The Morgan fingerprint density at radius 1 is 1.31 bits per heavy atom. The zero-order valence-electron chi connectivity index (χ0n) is 14.9. The average molecular weight is 353 g/mol. The number of likely N-dealkylation sites (tertiary alicyclic amines) is 1. The molecule has 0 N–H and O–H groups in total. The minimum Gasteiger partial charge on any atom is -0.484 e. The Balaban J connectivity index is 1.64. The molecule has 0 saturated carbocycles. The monoisotopic (exact) mass is 353 g/mol. The fourth-order valence-electron chi connectivity index (χ4n) is 3.15. The number of hydrogen-bond donors (Lipinski definition) is 0. The first-order chi connectivity index (χ1) is 12.7. The van der Waals surface area contributed by atoms with Crippen molar-refractivity contribution in [2.24, 2.45) is 0 Å². The predicted molar refractivity (Wildman–Crippen MR) is 96.4 cm³/mol. The highest BCUT2D eigenvalue weighted by molar-refractivity contribution is 5.78. The van der Waals surface area contributed by atoms with E-state index in [2.05, 4.69) is 18.0 Å². The van der Waals surface area contributed by atoms with Crippen LogP contribution in [0.5, 0.6) is 5.75 Å². The zero-order chi connectivity index (χ0) is 18.4. The lowest BCUT2D eigenvalue weighted by Crippen LogP contribution is -2.47. The highest BCUT2D eigenvalue weighted by Crippen LogP contribution is 2.20. The number of hydrogen-bond acceptors (Lipinski definition) is 5. The van der Waals surface area contributed by atoms with E-state index in [0.717, 1.165) is 31.7 Å². The molecule has 26 heavy (non-hydrogen) atoms. The Morgan fingerprint density at radius 3 is 2.65 bits per heavy atom. The molecule has 1 amide bonds. The smallest absolute Gasteiger partial charge is 0.261 e. The maximum absolute atomic E-state index is 12.8. The van der Waals surface area contributed by atoms with Crippen molar-refractivity contribution >= 4 is 5.91 Å². The molecule has 6 nitrogen and oxygen atoms in total. The fourth-order valence-corrected chi connectivity index (χ4v) is 3.15. The second kappa shape index (κ2) is 8.54. The first-order valence-electron chi connectivity index (χ1n) is 8.79. The molecule has 6 heteroatoms. The summed E-state index contributed by atoms with van der Waals surface area (Å²) >= 11 is 0. The van der Waals surface area contributed by atoms with Crippen molar-refractivity contribution < 1.29 is 13.9 Å². The average Bonchev–Trinajstić information content (AvgIpc) is 3.19. The molecule has 3 rings (SSSR count). The number of nitrogens with zero attached hydrogens (tertiary/aromatic N) is 3. The molecule has 1 aliphatic heterocycles. The molecule has 0 atom stereocenters. The van der Waals surface area contributed by atoms with Crippen LogP contribution in [0.25, 0.3) is 0 Å². The van der Waals surface area contributed by atoms with Crippen molar-refractivity contribution in [1.29, 1.82) is 5.26 Å². The molecule has 2 aromatic rings. The molecule has 0 unspecified atom stereocenters. The van der Waals surface area contributed by atoms with E-state index in [0.29, 0.717) is 17.9 Å². The van der Waals surface area contributed by atoms with Gasteiger partial charge in [0.05, 0.1) is 24.4 Å². The van der Waals surface area contributed by atoms with Gasteiger partial charge in [-0.2, -0.15) is 5.26 Å². The van der Waals surface area contributed by atoms with E-state index >= 15 is 0 Å². The third kappa shape index (κ3) is 4.64. The SMILES string of the molecule is CN1CCC(N(Cc2ccco2)C(=O)COc2ccc(C#N)cc2)CC1. The lowest BCUT2D eigenvalue weighted by molar-refractivity contribution is -0.137. The number of nitriles is 1. The molecule has 1 saturated heterocycles. The minimum atomic E-state index is -0.0553. The van der Waals surface area contributed by atoms with Gasteiger partial charge in [0, 0.05) is 6.04 Å². The van der Waals surface area contributed by atoms with E-state index in [1.807, 2.05) is 17.0 Å². The third-order valence-corrected chi connectivity index (χ3v) is 4.70. The van der Waals surface area contributed by atoms with Crippen LogP contribution in [0.3, 0.4) is 0 Å². The van der Waals surface area contributed by atoms with Crippen LogP contribution < -0.4 is 4.74 Å². The van der Waals surface area contributed by atoms with Crippen LogP contribution in [-0.2, 0) is 11.3 Å². The quantitative estimate of drug-likeness (QED) is 0.798. The van der Waals surface area contributed by atoms with Gasteiger partial charge in [0.15, 0.2) is 6.61 Å². The summed E-state index contributed by atoms with van der Waals surface area (Å²) in [5.74, 6) is 1.30. The lowest BCUT2D eigenvalue weighted by atomic mass is 10.0. The van der Waals surface area contributed by atoms with Crippen molar-refractivity contribution in [3.05, 3.63) is 54.0 Å². The predicted octanol–water partition coefficient (Wildman–Crippen LogP) is 2.65. The number of carbonyl (C=O) groups is 1. The fraction of sp³-hybridized carbons (Fsp3) is 0.400. The Kier molecular flexibility index (Phi) is 5.92. The normalized spacial score (nSPS) is 15.4. The van der Waals surface area contributed by atoms with Crippen LogP contribution in [0, 0.1) is 11.3 Å². The maximum atomic E-state index is 12.8. The van der Waals surface area contributed by atoms with Gasteiger partial charge < -0.3 is 19.0 Å². The molecule has 2 heterocycles.